The molecule has 0 saturated carbocycles. The van der Waals surface area contributed by atoms with Crippen LogP contribution in [0.15, 0.2) is 133 Å². The fraction of sp³-hybridized carbons (Fsp3) is 0.0625. The van der Waals surface area contributed by atoms with Crippen molar-refractivity contribution in [3.8, 4) is 0 Å². The van der Waals surface area contributed by atoms with Gasteiger partial charge in [-0.05, 0) is 22.8 Å². The van der Waals surface area contributed by atoms with E-state index in [4.69, 9.17) is 9.47 Å². The average Bonchev–Trinajstić information content (AvgIpc) is 3.00. The molecule has 0 spiro atoms. The molecule has 6 heteroatoms. The van der Waals surface area contributed by atoms with Crippen LogP contribution in [0.2, 0.25) is 0 Å². The summed E-state index contributed by atoms with van der Waals surface area (Å²) in [5, 5.41) is 2.72. The van der Waals surface area contributed by atoms with Gasteiger partial charge in [0, 0.05) is 16.9 Å². The van der Waals surface area contributed by atoms with Crippen molar-refractivity contribution in [3.63, 3.8) is 0 Å². The predicted molar refractivity (Wildman–Crippen MR) is 153 cm³/mol. The number of rotatable bonds is 8. The van der Waals surface area contributed by atoms with E-state index in [2.05, 4.69) is 0 Å². The topological polar surface area (TPSA) is 69.7 Å². The average molecular weight is 523 g/mol. The van der Waals surface area contributed by atoms with Gasteiger partial charge in [-0.3, -0.25) is 4.79 Å². The molecule has 0 aliphatic rings. The Kier molecular flexibility index (Phi) is 8.52. The van der Waals surface area contributed by atoms with E-state index in [0.717, 1.165) is 22.0 Å². The quantitative estimate of drug-likeness (QED) is 0.149. The van der Waals surface area contributed by atoms with Gasteiger partial charge in [0.1, 0.15) is 0 Å². The van der Waals surface area contributed by atoms with E-state index in [1.165, 1.54) is 14.2 Å². The van der Waals surface area contributed by atoms with E-state index in [1.54, 1.807) is 24.3 Å². The first kappa shape index (κ1) is 26.6. The summed E-state index contributed by atoms with van der Waals surface area (Å²) >= 11 is 0. The number of hydrogen-bond donors (Lipinski definition) is 0. The SMILES string of the molecule is COC(=O)/C=C(/C(=O)OC)C(C(=O)c1ccccc1)=P(c1ccccc1)(c1ccccc1)c1ccccc1. The van der Waals surface area contributed by atoms with Crippen LogP contribution in [0.3, 0.4) is 0 Å². The zero-order valence-corrected chi connectivity index (χ0v) is 22.0. The van der Waals surface area contributed by atoms with E-state index >= 15 is 0 Å². The second-order valence-corrected chi connectivity index (χ2v) is 11.6. The van der Waals surface area contributed by atoms with Crippen molar-refractivity contribution < 1.29 is 23.9 Å². The van der Waals surface area contributed by atoms with Crippen molar-refractivity contribution in [2.45, 2.75) is 0 Å². The summed E-state index contributed by atoms with van der Waals surface area (Å²) in [6, 6.07) is 37.6. The highest BCUT2D eigenvalue weighted by atomic mass is 31.2. The number of benzene rings is 4. The Labute approximate surface area is 222 Å². The normalized spacial score (nSPS) is 11.4. The zero-order valence-electron chi connectivity index (χ0n) is 21.1. The van der Waals surface area contributed by atoms with Gasteiger partial charge < -0.3 is 9.47 Å². The molecular formula is C32H27O5P. The fourth-order valence-corrected chi connectivity index (χ4v) is 8.96. The molecule has 0 aliphatic heterocycles. The van der Waals surface area contributed by atoms with E-state index in [1.807, 2.05) is 97.1 Å². The summed E-state index contributed by atoms with van der Waals surface area (Å²) in [6.07, 6.45) is 1.06. The predicted octanol–water partition coefficient (Wildman–Crippen LogP) is 4.31. The van der Waals surface area contributed by atoms with Crippen LogP contribution < -0.4 is 15.9 Å². The van der Waals surface area contributed by atoms with Crippen molar-refractivity contribution in [3.05, 3.63) is 139 Å². The highest BCUT2D eigenvalue weighted by molar-refractivity contribution is 7.97. The summed E-state index contributed by atoms with van der Waals surface area (Å²) in [4.78, 5) is 40.7. The summed E-state index contributed by atoms with van der Waals surface area (Å²) in [5.74, 6) is -1.95. The summed E-state index contributed by atoms with van der Waals surface area (Å²) in [7, 11) is 2.45. The molecule has 4 aromatic carbocycles. The third-order valence-electron chi connectivity index (χ3n) is 6.14. The van der Waals surface area contributed by atoms with Crippen LogP contribution in [0.4, 0.5) is 0 Å². The number of Topliss-reactive ketones (excluding diaryl/α,β-unsaturated/α-hetero) is 1. The molecule has 0 aliphatic carbocycles. The Bertz CT molecular complexity index is 1410. The highest BCUT2D eigenvalue weighted by Crippen LogP contribution is 2.48. The van der Waals surface area contributed by atoms with Crippen molar-refractivity contribution in [2.75, 3.05) is 14.2 Å². The number of methoxy groups -OCH3 is 2. The fourth-order valence-electron chi connectivity index (χ4n) is 4.48. The Morgan fingerprint density at radius 1 is 0.579 bits per heavy atom. The second kappa shape index (κ2) is 12.2. The lowest BCUT2D eigenvalue weighted by molar-refractivity contribution is -0.138. The first-order valence-electron chi connectivity index (χ1n) is 12.0. The molecule has 0 aromatic heterocycles. The molecule has 190 valence electrons. The summed E-state index contributed by atoms with van der Waals surface area (Å²) in [6.45, 7) is -3.08. The van der Waals surface area contributed by atoms with Crippen molar-refractivity contribution in [2.24, 2.45) is 0 Å². The Hall–Kier alpha value is -4.47. The Balaban J connectivity index is 2.37. The van der Waals surface area contributed by atoms with Crippen LogP contribution in [0.1, 0.15) is 10.4 Å². The number of ether oxygens (including phenoxy) is 2. The molecule has 0 atom stereocenters. The van der Waals surface area contributed by atoms with Crippen LogP contribution in [-0.2, 0) is 19.1 Å². The Morgan fingerprint density at radius 2 is 0.974 bits per heavy atom. The van der Waals surface area contributed by atoms with E-state index in [-0.39, 0.29) is 16.6 Å². The van der Waals surface area contributed by atoms with Gasteiger partial charge in [-0.2, -0.15) is 0 Å². The molecule has 0 amide bonds. The molecule has 0 unspecified atom stereocenters. The molecule has 0 fully saturated rings. The maximum absolute atomic E-state index is 14.6. The molecule has 0 saturated heterocycles. The number of carbonyl (C=O) groups excluding carboxylic acids is 3. The smallest absolute Gasteiger partial charge is 0.338 e. The van der Waals surface area contributed by atoms with E-state index < -0.39 is 18.8 Å². The monoisotopic (exact) mass is 522 g/mol. The van der Waals surface area contributed by atoms with Crippen molar-refractivity contribution >= 4 is 45.8 Å². The van der Waals surface area contributed by atoms with Gasteiger partial charge in [0.15, 0.2) is 5.78 Å². The molecule has 4 rings (SSSR count). The lowest BCUT2D eigenvalue weighted by Crippen LogP contribution is -2.36. The van der Waals surface area contributed by atoms with Gasteiger partial charge in [-0.15, -0.1) is 0 Å². The standard InChI is InChI=1S/C32H27O5P/c1-36-29(33)23-28(32(35)37-2)31(30(34)24-15-7-3-8-16-24)38(25-17-9-4-10-18-25,26-19-11-5-12-20-26)27-21-13-6-14-22-27/h3-23H,1-2H3/b28-23+. The molecule has 0 N–H and O–H groups in total. The largest absolute Gasteiger partial charge is 0.466 e. The Morgan fingerprint density at radius 3 is 1.34 bits per heavy atom. The third kappa shape index (κ3) is 5.15. The van der Waals surface area contributed by atoms with Gasteiger partial charge >= 0.3 is 11.9 Å². The van der Waals surface area contributed by atoms with Crippen LogP contribution in [0.5, 0.6) is 0 Å². The van der Waals surface area contributed by atoms with Gasteiger partial charge in [0.25, 0.3) is 0 Å². The van der Waals surface area contributed by atoms with Crippen LogP contribution in [-0.4, -0.2) is 37.2 Å². The highest BCUT2D eigenvalue weighted by Gasteiger charge is 2.38. The molecular weight excluding hydrogens is 495 g/mol. The second-order valence-electron chi connectivity index (χ2n) is 8.29. The molecule has 38 heavy (non-hydrogen) atoms. The van der Waals surface area contributed by atoms with E-state index in [9.17, 15) is 14.4 Å². The molecule has 0 heterocycles. The molecule has 5 nitrogen and oxygen atoms in total. The van der Waals surface area contributed by atoms with E-state index in [0.29, 0.717) is 5.56 Å². The van der Waals surface area contributed by atoms with Crippen LogP contribution in [0.25, 0.3) is 0 Å². The number of esters is 2. The first-order chi connectivity index (χ1) is 18.5. The van der Waals surface area contributed by atoms with Crippen LogP contribution in [0, 0.1) is 0 Å². The van der Waals surface area contributed by atoms with Crippen molar-refractivity contribution in [1.29, 1.82) is 0 Å². The minimum atomic E-state index is -3.08. The summed E-state index contributed by atoms with van der Waals surface area (Å²) in [5.41, 5.74) is 0.243. The molecule has 0 bridgehead atoms. The van der Waals surface area contributed by atoms with Crippen molar-refractivity contribution in [1.82, 2.24) is 0 Å². The number of carbonyl (C=O) groups is 3. The lowest BCUT2D eigenvalue weighted by Gasteiger charge is -2.33. The molecule has 0 radical (unpaired) electrons. The van der Waals surface area contributed by atoms with Gasteiger partial charge in [0.05, 0.1) is 19.8 Å². The third-order valence-corrected chi connectivity index (χ3v) is 10.5. The molecule has 4 aromatic rings. The van der Waals surface area contributed by atoms with Gasteiger partial charge in [0.2, 0.25) is 0 Å². The van der Waals surface area contributed by atoms with Crippen LogP contribution >= 0.6 is 6.89 Å². The maximum atomic E-state index is 14.6. The number of ketones is 1. The van der Waals surface area contributed by atoms with Gasteiger partial charge in [-0.1, -0.05) is 121 Å². The minimum Gasteiger partial charge on any atom is -0.466 e. The summed E-state index contributed by atoms with van der Waals surface area (Å²) < 4.78 is 10.1. The number of hydrogen-bond acceptors (Lipinski definition) is 5. The van der Waals surface area contributed by atoms with Gasteiger partial charge in [-0.25, -0.2) is 9.59 Å². The lowest BCUT2D eigenvalue weighted by atomic mass is 10.0. The minimum absolute atomic E-state index is 0.141. The maximum Gasteiger partial charge on any atom is 0.338 e. The first-order valence-corrected chi connectivity index (χ1v) is 13.7. The zero-order chi connectivity index (χ0) is 27.0.